The van der Waals surface area contributed by atoms with Crippen molar-refractivity contribution in [3.05, 3.63) is 34.3 Å². The van der Waals surface area contributed by atoms with E-state index in [-0.39, 0.29) is 11.5 Å². The van der Waals surface area contributed by atoms with Crippen LogP contribution in [0, 0.1) is 0 Å². The molecule has 18 heavy (non-hydrogen) atoms. The van der Waals surface area contributed by atoms with Gasteiger partial charge in [-0.2, -0.15) is 0 Å². The summed E-state index contributed by atoms with van der Waals surface area (Å²) in [5, 5.41) is 4.08. The summed E-state index contributed by atoms with van der Waals surface area (Å²) >= 11 is 5.95. The van der Waals surface area contributed by atoms with E-state index in [1.165, 1.54) is 11.1 Å². The Bertz CT molecular complexity index is 528. The summed E-state index contributed by atoms with van der Waals surface area (Å²) in [5.41, 5.74) is 2.59. The first-order valence-electron chi connectivity index (χ1n) is 6.21. The maximum absolute atomic E-state index is 11.4. The van der Waals surface area contributed by atoms with Gasteiger partial charge in [-0.1, -0.05) is 24.6 Å². The van der Waals surface area contributed by atoms with E-state index < -0.39 is 9.84 Å². The highest BCUT2D eigenvalue weighted by atomic mass is 35.5. The molecule has 1 N–H and O–H groups in total. The highest BCUT2D eigenvalue weighted by Crippen LogP contribution is 2.25. The van der Waals surface area contributed by atoms with E-state index in [9.17, 15) is 8.42 Å². The number of hydrogen-bond donors (Lipinski definition) is 1. The van der Waals surface area contributed by atoms with Crippen LogP contribution in [0.25, 0.3) is 0 Å². The van der Waals surface area contributed by atoms with Crippen LogP contribution in [0.5, 0.6) is 0 Å². The summed E-state index contributed by atoms with van der Waals surface area (Å²) in [6.07, 6.45) is 1.89. The number of benzene rings is 1. The van der Waals surface area contributed by atoms with Gasteiger partial charge in [-0.3, -0.25) is 0 Å². The van der Waals surface area contributed by atoms with Crippen molar-refractivity contribution in [1.82, 2.24) is 5.32 Å². The van der Waals surface area contributed by atoms with E-state index >= 15 is 0 Å². The average molecular weight is 288 g/mol. The molecule has 2 rings (SSSR count). The molecule has 0 amide bonds. The molecule has 1 aromatic carbocycles. The zero-order chi connectivity index (χ0) is 13.2. The molecular weight excluding hydrogens is 270 g/mol. The molecule has 1 aliphatic carbocycles. The van der Waals surface area contributed by atoms with Gasteiger partial charge >= 0.3 is 0 Å². The lowest BCUT2D eigenvalue weighted by Crippen LogP contribution is -2.33. The third-order valence-corrected chi connectivity index (χ3v) is 5.33. The number of halogens is 1. The summed E-state index contributed by atoms with van der Waals surface area (Å²) in [5.74, 6) is 0.437. The van der Waals surface area contributed by atoms with E-state index in [1.807, 2.05) is 12.1 Å². The standard InChI is InChI=1S/C13H18ClNO2S/c1-2-18(16,17)6-5-15-13-8-10-3-4-12(14)7-11(10)9-13/h3-4,7,13,15H,2,5-6,8-9H2,1H3. The van der Waals surface area contributed by atoms with E-state index in [0.29, 0.717) is 12.6 Å². The van der Waals surface area contributed by atoms with E-state index in [1.54, 1.807) is 6.92 Å². The van der Waals surface area contributed by atoms with Crippen molar-refractivity contribution in [3.63, 3.8) is 0 Å². The number of hydrogen-bond acceptors (Lipinski definition) is 3. The third kappa shape index (κ3) is 3.46. The van der Waals surface area contributed by atoms with Crippen molar-refractivity contribution >= 4 is 21.4 Å². The van der Waals surface area contributed by atoms with Crippen LogP contribution in [0.1, 0.15) is 18.1 Å². The Morgan fingerprint density at radius 2 is 2.06 bits per heavy atom. The Kier molecular flexibility index (Phi) is 4.30. The second-order valence-corrected chi connectivity index (χ2v) is 7.62. The minimum absolute atomic E-state index is 0.217. The van der Waals surface area contributed by atoms with Gasteiger partial charge in [0.05, 0.1) is 5.75 Å². The molecular formula is C13H18ClNO2S. The molecule has 1 aliphatic rings. The summed E-state index contributed by atoms with van der Waals surface area (Å²) in [4.78, 5) is 0. The zero-order valence-corrected chi connectivity index (χ0v) is 12.0. The van der Waals surface area contributed by atoms with Crippen molar-refractivity contribution in [2.45, 2.75) is 25.8 Å². The highest BCUT2D eigenvalue weighted by Gasteiger charge is 2.21. The molecule has 0 aliphatic heterocycles. The van der Waals surface area contributed by atoms with Crippen molar-refractivity contribution < 1.29 is 8.42 Å². The first-order valence-corrected chi connectivity index (χ1v) is 8.41. The molecule has 0 bridgehead atoms. The molecule has 0 saturated heterocycles. The lowest BCUT2D eigenvalue weighted by molar-refractivity contribution is 0.544. The molecule has 5 heteroatoms. The lowest BCUT2D eigenvalue weighted by Gasteiger charge is -2.11. The monoisotopic (exact) mass is 287 g/mol. The fourth-order valence-electron chi connectivity index (χ4n) is 2.29. The summed E-state index contributed by atoms with van der Waals surface area (Å²) < 4.78 is 22.8. The van der Waals surface area contributed by atoms with Crippen LogP contribution in [0.15, 0.2) is 18.2 Å². The zero-order valence-electron chi connectivity index (χ0n) is 10.4. The molecule has 1 atom stereocenters. The number of sulfone groups is 1. The Labute approximate surface area is 113 Å². The van der Waals surface area contributed by atoms with Crippen LogP contribution in [-0.4, -0.2) is 32.5 Å². The van der Waals surface area contributed by atoms with Crippen molar-refractivity contribution in [2.24, 2.45) is 0 Å². The van der Waals surface area contributed by atoms with Gasteiger partial charge in [0.15, 0.2) is 9.84 Å². The topological polar surface area (TPSA) is 46.2 Å². The largest absolute Gasteiger partial charge is 0.312 e. The SMILES string of the molecule is CCS(=O)(=O)CCNC1Cc2ccc(Cl)cc2C1. The van der Waals surface area contributed by atoms with Gasteiger partial charge < -0.3 is 5.32 Å². The number of fused-ring (bicyclic) bond motifs is 1. The summed E-state index contributed by atoms with van der Waals surface area (Å²) in [6, 6.07) is 6.30. The molecule has 0 heterocycles. The maximum atomic E-state index is 11.4. The summed E-state index contributed by atoms with van der Waals surface area (Å²) in [6.45, 7) is 2.21. The smallest absolute Gasteiger partial charge is 0.151 e. The van der Waals surface area contributed by atoms with Gasteiger partial charge in [0.25, 0.3) is 0 Å². The van der Waals surface area contributed by atoms with E-state index in [2.05, 4.69) is 11.4 Å². The van der Waals surface area contributed by atoms with Crippen LogP contribution in [-0.2, 0) is 22.7 Å². The van der Waals surface area contributed by atoms with Gasteiger partial charge in [-0.25, -0.2) is 8.42 Å². The number of rotatable bonds is 5. The van der Waals surface area contributed by atoms with E-state index in [0.717, 1.165) is 17.9 Å². The first kappa shape index (κ1) is 13.8. The molecule has 1 aromatic rings. The Morgan fingerprint density at radius 3 is 2.78 bits per heavy atom. The predicted octanol–water partition coefficient (Wildman–Crippen LogP) is 1.83. The van der Waals surface area contributed by atoms with Crippen LogP contribution in [0.3, 0.4) is 0 Å². The lowest BCUT2D eigenvalue weighted by atomic mass is 10.1. The number of nitrogens with one attached hydrogen (secondary N) is 1. The Balaban J connectivity index is 1.85. The van der Waals surface area contributed by atoms with Crippen molar-refractivity contribution in [2.75, 3.05) is 18.1 Å². The highest BCUT2D eigenvalue weighted by molar-refractivity contribution is 7.91. The molecule has 0 spiro atoms. The quantitative estimate of drug-likeness (QED) is 0.899. The fourth-order valence-corrected chi connectivity index (χ4v) is 3.21. The van der Waals surface area contributed by atoms with Crippen molar-refractivity contribution in [3.8, 4) is 0 Å². The predicted molar refractivity (Wildman–Crippen MR) is 75.0 cm³/mol. The molecule has 0 radical (unpaired) electrons. The molecule has 100 valence electrons. The minimum Gasteiger partial charge on any atom is -0.312 e. The normalized spacial score (nSPS) is 18.9. The van der Waals surface area contributed by atoms with E-state index in [4.69, 9.17) is 11.6 Å². The molecule has 3 nitrogen and oxygen atoms in total. The molecule has 1 unspecified atom stereocenters. The van der Waals surface area contributed by atoms with Gasteiger partial charge in [0.2, 0.25) is 0 Å². The summed E-state index contributed by atoms with van der Waals surface area (Å²) in [7, 11) is -2.87. The Hall–Kier alpha value is -0.580. The van der Waals surface area contributed by atoms with Gasteiger partial charge in [0.1, 0.15) is 0 Å². The first-order chi connectivity index (χ1) is 8.50. The molecule has 0 saturated carbocycles. The second-order valence-electron chi connectivity index (χ2n) is 4.71. The van der Waals surface area contributed by atoms with Gasteiger partial charge in [0, 0.05) is 23.4 Å². The third-order valence-electron chi connectivity index (χ3n) is 3.39. The maximum Gasteiger partial charge on any atom is 0.151 e. The Morgan fingerprint density at radius 1 is 1.33 bits per heavy atom. The van der Waals surface area contributed by atoms with Crippen LogP contribution < -0.4 is 5.32 Å². The second kappa shape index (κ2) is 5.59. The van der Waals surface area contributed by atoms with Gasteiger partial charge in [-0.15, -0.1) is 0 Å². The minimum atomic E-state index is -2.87. The van der Waals surface area contributed by atoms with Crippen molar-refractivity contribution in [1.29, 1.82) is 0 Å². The van der Waals surface area contributed by atoms with Crippen LogP contribution in [0.4, 0.5) is 0 Å². The van der Waals surface area contributed by atoms with Crippen LogP contribution in [0.2, 0.25) is 5.02 Å². The average Bonchev–Trinajstić information content (AvgIpc) is 2.70. The van der Waals surface area contributed by atoms with Crippen LogP contribution >= 0.6 is 11.6 Å². The fraction of sp³-hybridized carbons (Fsp3) is 0.538. The van der Waals surface area contributed by atoms with Gasteiger partial charge in [-0.05, 0) is 36.1 Å². The molecule has 0 aromatic heterocycles. The molecule has 0 fully saturated rings.